The predicted octanol–water partition coefficient (Wildman–Crippen LogP) is 4.09. The Morgan fingerprint density at radius 1 is 1.20 bits per heavy atom. The van der Waals surface area contributed by atoms with E-state index in [1.165, 1.54) is 5.56 Å². The van der Waals surface area contributed by atoms with E-state index in [2.05, 4.69) is 46.9 Å². The fourth-order valence-corrected chi connectivity index (χ4v) is 5.13. The number of anilines is 1. The first-order chi connectivity index (χ1) is 14.5. The number of pyridine rings is 1. The summed E-state index contributed by atoms with van der Waals surface area (Å²) in [6.07, 6.45) is 2.41. The predicted molar refractivity (Wildman–Crippen MR) is 120 cm³/mol. The Labute approximate surface area is 179 Å². The lowest BCUT2D eigenvalue weighted by molar-refractivity contribution is -0.0411. The van der Waals surface area contributed by atoms with Gasteiger partial charge in [0.15, 0.2) is 5.82 Å². The van der Waals surface area contributed by atoms with Gasteiger partial charge in [-0.1, -0.05) is 30.3 Å². The maximum Gasteiger partial charge on any atom is 0.150 e. The van der Waals surface area contributed by atoms with Crippen molar-refractivity contribution in [2.45, 2.75) is 39.0 Å². The quantitative estimate of drug-likeness (QED) is 0.524. The standard InChI is InChI=1S/C23H24N4O2S/c1-23(2)11-18-16(13-29-23)10-17-19-20(30-22(17)26-18)21(25-14-24-19)27(8-9-28)12-15-6-4-3-5-7-15/h3-7,10,14,28H,8-9,11-13H2,1-2H3. The molecule has 0 unspecified atom stereocenters. The zero-order chi connectivity index (χ0) is 20.7. The smallest absolute Gasteiger partial charge is 0.150 e. The van der Waals surface area contributed by atoms with Crippen LogP contribution in [-0.4, -0.2) is 38.8 Å². The van der Waals surface area contributed by atoms with Crippen molar-refractivity contribution in [1.29, 1.82) is 0 Å². The lowest BCUT2D eigenvalue weighted by Crippen LogP contribution is -2.32. The van der Waals surface area contributed by atoms with Crippen molar-refractivity contribution in [2.24, 2.45) is 0 Å². The van der Waals surface area contributed by atoms with E-state index in [-0.39, 0.29) is 12.2 Å². The molecule has 6 nitrogen and oxygen atoms in total. The fraction of sp³-hybridized carbons (Fsp3) is 0.348. The molecule has 154 valence electrons. The minimum Gasteiger partial charge on any atom is -0.395 e. The molecular weight excluding hydrogens is 396 g/mol. The van der Waals surface area contributed by atoms with Crippen molar-refractivity contribution >= 4 is 37.6 Å². The van der Waals surface area contributed by atoms with Gasteiger partial charge < -0.3 is 14.7 Å². The van der Waals surface area contributed by atoms with Gasteiger partial charge in [0.25, 0.3) is 0 Å². The zero-order valence-corrected chi connectivity index (χ0v) is 17.9. The molecule has 0 spiro atoms. The first-order valence-corrected chi connectivity index (χ1v) is 11.0. The second kappa shape index (κ2) is 7.58. The number of hydrogen-bond donors (Lipinski definition) is 1. The molecule has 30 heavy (non-hydrogen) atoms. The van der Waals surface area contributed by atoms with E-state index < -0.39 is 0 Å². The van der Waals surface area contributed by atoms with Crippen LogP contribution in [0.25, 0.3) is 20.4 Å². The fourth-order valence-electron chi connectivity index (χ4n) is 3.98. The van der Waals surface area contributed by atoms with Crippen LogP contribution in [0.15, 0.2) is 42.7 Å². The van der Waals surface area contributed by atoms with Crippen LogP contribution in [0, 0.1) is 0 Å². The Morgan fingerprint density at radius 2 is 2.03 bits per heavy atom. The van der Waals surface area contributed by atoms with E-state index in [1.807, 2.05) is 18.2 Å². The number of nitrogens with zero attached hydrogens (tertiary/aromatic N) is 4. The average Bonchev–Trinajstić information content (AvgIpc) is 3.09. The maximum absolute atomic E-state index is 9.67. The molecule has 1 N–H and O–H groups in total. The Balaban J connectivity index is 1.62. The molecule has 0 atom stereocenters. The molecule has 4 aromatic rings. The molecule has 0 fully saturated rings. The van der Waals surface area contributed by atoms with E-state index in [4.69, 9.17) is 9.72 Å². The highest BCUT2D eigenvalue weighted by Gasteiger charge is 2.28. The zero-order valence-electron chi connectivity index (χ0n) is 17.1. The summed E-state index contributed by atoms with van der Waals surface area (Å²) in [6.45, 7) is 6.02. The largest absolute Gasteiger partial charge is 0.395 e. The number of aromatic nitrogens is 3. The molecule has 7 heteroatoms. The van der Waals surface area contributed by atoms with Crippen LogP contribution in [0.2, 0.25) is 0 Å². The van der Waals surface area contributed by atoms with Gasteiger partial charge in [0.2, 0.25) is 0 Å². The highest BCUT2D eigenvalue weighted by molar-refractivity contribution is 7.25. The van der Waals surface area contributed by atoms with Crippen molar-refractivity contribution in [3.63, 3.8) is 0 Å². The van der Waals surface area contributed by atoms with Crippen LogP contribution in [0.4, 0.5) is 5.82 Å². The number of aliphatic hydroxyl groups is 1. The van der Waals surface area contributed by atoms with Gasteiger partial charge in [0.05, 0.1) is 34.7 Å². The topological polar surface area (TPSA) is 71.4 Å². The molecule has 1 aliphatic heterocycles. The van der Waals surface area contributed by atoms with Gasteiger partial charge in [0.1, 0.15) is 11.2 Å². The van der Waals surface area contributed by atoms with Gasteiger partial charge in [-0.2, -0.15) is 0 Å². The van der Waals surface area contributed by atoms with Crippen molar-refractivity contribution < 1.29 is 9.84 Å². The van der Waals surface area contributed by atoms with Gasteiger partial charge in [-0.15, -0.1) is 11.3 Å². The van der Waals surface area contributed by atoms with Gasteiger partial charge in [-0.25, -0.2) is 15.0 Å². The maximum atomic E-state index is 9.67. The summed E-state index contributed by atoms with van der Waals surface area (Å²) in [7, 11) is 0. The van der Waals surface area contributed by atoms with E-state index >= 15 is 0 Å². The van der Waals surface area contributed by atoms with Crippen LogP contribution < -0.4 is 4.90 Å². The third-order valence-electron chi connectivity index (χ3n) is 5.49. The number of rotatable bonds is 5. The van der Waals surface area contributed by atoms with Gasteiger partial charge in [-0.3, -0.25) is 0 Å². The number of aliphatic hydroxyl groups excluding tert-OH is 1. The van der Waals surface area contributed by atoms with Crippen molar-refractivity contribution in [2.75, 3.05) is 18.1 Å². The number of hydrogen-bond acceptors (Lipinski definition) is 7. The number of thiophene rings is 1. The Morgan fingerprint density at radius 3 is 2.83 bits per heavy atom. The minimum atomic E-state index is -0.192. The molecule has 0 bridgehead atoms. The molecular formula is C23H24N4O2S. The van der Waals surface area contributed by atoms with E-state index in [9.17, 15) is 5.11 Å². The highest BCUT2D eigenvalue weighted by Crippen LogP contribution is 2.39. The van der Waals surface area contributed by atoms with Crippen molar-refractivity contribution in [3.05, 3.63) is 59.5 Å². The Hall–Kier alpha value is -2.61. The minimum absolute atomic E-state index is 0.0577. The monoisotopic (exact) mass is 420 g/mol. The highest BCUT2D eigenvalue weighted by atomic mass is 32.1. The summed E-state index contributed by atoms with van der Waals surface area (Å²) >= 11 is 1.63. The summed E-state index contributed by atoms with van der Waals surface area (Å²) in [5.41, 5.74) is 4.14. The van der Waals surface area contributed by atoms with E-state index in [0.29, 0.717) is 19.7 Å². The molecule has 1 aliphatic rings. The normalized spacial score (nSPS) is 15.4. The van der Waals surface area contributed by atoms with Crippen LogP contribution in [-0.2, 0) is 24.3 Å². The molecule has 0 amide bonds. The molecule has 0 aliphatic carbocycles. The Kier molecular flexibility index (Phi) is 4.89. The van der Waals surface area contributed by atoms with Crippen LogP contribution in [0.3, 0.4) is 0 Å². The summed E-state index contributed by atoms with van der Waals surface area (Å²) < 4.78 is 6.99. The average molecular weight is 421 g/mol. The Bertz CT molecular complexity index is 1210. The number of ether oxygens (including phenoxy) is 1. The van der Waals surface area contributed by atoms with Crippen molar-refractivity contribution in [3.8, 4) is 0 Å². The van der Waals surface area contributed by atoms with E-state index in [1.54, 1.807) is 17.7 Å². The molecule has 5 rings (SSSR count). The first kappa shape index (κ1) is 19.4. The van der Waals surface area contributed by atoms with Gasteiger partial charge in [-0.05, 0) is 25.5 Å². The van der Waals surface area contributed by atoms with Gasteiger partial charge in [0, 0.05) is 30.5 Å². The molecule has 0 saturated carbocycles. The molecule has 4 heterocycles. The summed E-state index contributed by atoms with van der Waals surface area (Å²) in [4.78, 5) is 17.3. The molecule has 3 aromatic heterocycles. The molecule has 0 saturated heterocycles. The van der Waals surface area contributed by atoms with Gasteiger partial charge >= 0.3 is 0 Å². The molecule has 0 radical (unpaired) electrons. The molecule has 1 aromatic carbocycles. The second-order valence-corrected chi connectivity index (χ2v) is 9.28. The summed E-state index contributed by atoms with van der Waals surface area (Å²) in [5.74, 6) is 0.843. The number of fused-ring (bicyclic) bond motifs is 4. The third-order valence-corrected chi connectivity index (χ3v) is 6.58. The van der Waals surface area contributed by atoms with Crippen molar-refractivity contribution in [1.82, 2.24) is 15.0 Å². The third kappa shape index (κ3) is 3.53. The lowest BCUT2D eigenvalue weighted by atomic mass is 9.95. The van der Waals surface area contributed by atoms with Crippen LogP contribution in [0.1, 0.15) is 30.7 Å². The first-order valence-electron chi connectivity index (χ1n) is 10.1. The summed E-state index contributed by atoms with van der Waals surface area (Å²) in [6, 6.07) is 12.4. The SMILES string of the molecule is CC1(C)Cc2nc3sc4c(N(CCO)Cc5ccccc5)ncnc4c3cc2CO1. The van der Waals surface area contributed by atoms with Crippen LogP contribution >= 0.6 is 11.3 Å². The second-order valence-electron chi connectivity index (χ2n) is 8.28. The lowest BCUT2D eigenvalue weighted by Gasteiger charge is -2.30. The van der Waals surface area contributed by atoms with E-state index in [0.717, 1.165) is 43.9 Å². The number of benzene rings is 1. The van der Waals surface area contributed by atoms with Crippen LogP contribution in [0.5, 0.6) is 0 Å². The summed E-state index contributed by atoms with van der Waals surface area (Å²) in [5, 5.41) is 10.7.